The number of aliphatic hydroxyl groups is 1. The van der Waals surface area contributed by atoms with Gasteiger partial charge in [0.05, 0.1) is 0 Å². The number of aliphatic hydroxyl groups excluding tert-OH is 1. The maximum atomic E-state index is 11.6. The lowest BCUT2D eigenvalue weighted by atomic mass is 9.93. The first-order valence-electron chi connectivity index (χ1n) is 6.73. The fraction of sp³-hybridized carbons (Fsp3) is 0.500. The Morgan fingerprint density at radius 2 is 2.10 bits per heavy atom. The number of nitrogens with one attached hydrogen (secondary N) is 1. The van der Waals surface area contributed by atoms with Crippen LogP contribution >= 0.6 is 0 Å². The van der Waals surface area contributed by atoms with Crippen LogP contribution in [0.2, 0.25) is 0 Å². The van der Waals surface area contributed by atoms with Crippen LogP contribution in [0.3, 0.4) is 0 Å². The normalized spacial score (nSPS) is 16.0. The summed E-state index contributed by atoms with van der Waals surface area (Å²) in [5, 5.41) is 11.4. The van der Waals surface area contributed by atoms with Gasteiger partial charge in [0.25, 0.3) is 5.91 Å². The SMILES string of the molecule is CNC(=O)c1cccc(C2CCN(C(=O)CO)CC2)n1. The van der Waals surface area contributed by atoms with Gasteiger partial charge in [-0.15, -0.1) is 0 Å². The predicted molar refractivity (Wildman–Crippen MR) is 73.3 cm³/mol. The molecule has 0 saturated carbocycles. The zero-order valence-corrected chi connectivity index (χ0v) is 11.5. The first kappa shape index (κ1) is 14.5. The van der Waals surface area contributed by atoms with Crippen LogP contribution in [0.5, 0.6) is 0 Å². The molecule has 2 N–H and O–H groups in total. The van der Waals surface area contributed by atoms with Crippen molar-refractivity contribution in [3.63, 3.8) is 0 Å². The van der Waals surface area contributed by atoms with Crippen molar-refractivity contribution in [1.29, 1.82) is 0 Å². The highest BCUT2D eigenvalue weighted by molar-refractivity contribution is 5.92. The maximum absolute atomic E-state index is 11.6. The van der Waals surface area contributed by atoms with E-state index >= 15 is 0 Å². The molecule has 0 aromatic carbocycles. The van der Waals surface area contributed by atoms with E-state index in [0.29, 0.717) is 18.8 Å². The van der Waals surface area contributed by atoms with E-state index in [1.807, 2.05) is 12.1 Å². The van der Waals surface area contributed by atoms with Gasteiger partial charge in [-0.25, -0.2) is 4.98 Å². The Kier molecular flexibility index (Phi) is 4.68. The number of rotatable bonds is 3. The van der Waals surface area contributed by atoms with Crippen molar-refractivity contribution in [2.24, 2.45) is 0 Å². The fourth-order valence-electron chi connectivity index (χ4n) is 2.46. The number of likely N-dealkylation sites (tertiary alicyclic amines) is 1. The Bertz CT molecular complexity index is 496. The van der Waals surface area contributed by atoms with E-state index in [9.17, 15) is 9.59 Å². The van der Waals surface area contributed by atoms with Crippen molar-refractivity contribution in [2.75, 3.05) is 26.7 Å². The van der Waals surface area contributed by atoms with Gasteiger partial charge in [0.1, 0.15) is 12.3 Å². The molecule has 20 heavy (non-hydrogen) atoms. The van der Waals surface area contributed by atoms with Gasteiger partial charge in [-0.1, -0.05) is 6.07 Å². The summed E-state index contributed by atoms with van der Waals surface area (Å²) in [7, 11) is 1.58. The number of hydrogen-bond acceptors (Lipinski definition) is 4. The van der Waals surface area contributed by atoms with E-state index in [-0.39, 0.29) is 17.7 Å². The van der Waals surface area contributed by atoms with Crippen LogP contribution in [0.1, 0.15) is 34.9 Å². The molecule has 1 saturated heterocycles. The van der Waals surface area contributed by atoms with Crippen molar-refractivity contribution in [1.82, 2.24) is 15.2 Å². The molecule has 1 aromatic rings. The minimum absolute atomic E-state index is 0.195. The second-order valence-electron chi connectivity index (χ2n) is 4.84. The average Bonchev–Trinajstić information content (AvgIpc) is 2.53. The summed E-state index contributed by atoms with van der Waals surface area (Å²) in [6.45, 7) is 0.807. The van der Waals surface area contributed by atoms with Crippen molar-refractivity contribution in [2.45, 2.75) is 18.8 Å². The highest BCUT2D eigenvalue weighted by Crippen LogP contribution is 2.26. The monoisotopic (exact) mass is 277 g/mol. The molecule has 0 radical (unpaired) electrons. The molecule has 0 bridgehead atoms. The lowest BCUT2D eigenvalue weighted by Crippen LogP contribution is -2.39. The molecule has 2 rings (SSSR count). The van der Waals surface area contributed by atoms with Gasteiger partial charge in [0, 0.05) is 31.7 Å². The molecule has 6 nitrogen and oxygen atoms in total. The largest absolute Gasteiger partial charge is 0.387 e. The lowest BCUT2D eigenvalue weighted by Gasteiger charge is -2.31. The summed E-state index contributed by atoms with van der Waals surface area (Å²) in [4.78, 5) is 29.0. The summed E-state index contributed by atoms with van der Waals surface area (Å²) >= 11 is 0. The highest BCUT2D eigenvalue weighted by Gasteiger charge is 2.24. The van der Waals surface area contributed by atoms with Crippen LogP contribution in [0.15, 0.2) is 18.2 Å². The molecular weight excluding hydrogens is 258 g/mol. The lowest BCUT2D eigenvalue weighted by molar-refractivity contribution is -0.135. The van der Waals surface area contributed by atoms with Crippen LogP contribution in [-0.2, 0) is 4.79 Å². The topological polar surface area (TPSA) is 82.5 Å². The number of carbonyl (C=O) groups excluding carboxylic acids is 2. The van der Waals surface area contributed by atoms with E-state index in [4.69, 9.17) is 5.11 Å². The summed E-state index contributed by atoms with van der Waals surface area (Å²) < 4.78 is 0. The molecule has 1 fully saturated rings. The van der Waals surface area contributed by atoms with Crippen molar-refractivity contribution in [3.05, 3.63) is 29.6 Å². The van der Waals surface area contributed by atoms with Crippen LogP contribution in [0.4, 0.5) is 0 Å². The first-order valence-corrected chi connectivity index (χ1v) is 6.73. The van der Waals surface area contributed by atoms with Gasteiger partial charge in [-0.2, -0.15) is 0 Å². The third-order valence-electron chi connectivity index (χ3n) is 3.63. The predicted octanol–water partition coefficient (Wildman–Crippen LogP) is 0.139. The number of pyridine rings is 1. The second kappa shape index (κ2) is 6.47. The maximum Gasteiger partial charge on any atom is 0.269 e. The van der Waals surface area contributed by atoms with Crippen LogP contribution in [0, 0.1) is 0 Å². The van der Waals surface area contributed by atoms with E-state index in [1.54, 1.807) is 18.0 Å². The van der Waals surface area contributed by atoms with Gasteiger partial charge in [0.15, 0.2) is 0 Å². The van der Waals surface area contributed by atoms with Gasteiger partial charge in [-0.3, -0.25) is 9.59 Å². The molecule has 1 aromatic heterocycles. The summed E-state index contributed by atoms with van der Waals surface area (Å²) in [5.41, 5.74) is 1.31. The molecule has 0 atom stereocenters. The van der Waals surface area contributed by atoms with E-state index in [2.05, 4.69) is 10.3 Å². The van der Waals surface area contributed by atoms with Gasteiger partial charge in [-0.05, 0) is 25.0 Å². The quantitative estimate of drug-likeness (QED) is 0.823. The molecule has 0 unspecified atom stereocenters. The first-order chi connectivity index (χ1) is 9.65. The number of hydrogen-bond donors (Lipinski definition) is 2. The smallest absolute Gasteiger partial charge is 0.269 e. The standard InChI is InChI=1S/C14H19N3O3/c1-15-14(20)12-4-2-3-11(16-12)10-5-7-17(8-6-10)13(19)9-18/h2-4,10,18H,5-9H2,1H3,(H,15,20). The van der Waals surface area contributed by atoms with E-state index < -0.39 is 6.61 Å². The highest BCUT2D eigenvalue weighted by atomic mass is 16.3. The Labute approximate surface area is 117 Å². The Balaban J connectivity index is 2.03. The minimum Gasteiger partial charge on any atom is -0.387 e. The Hall–Kier alpha value is -1.95. The summed E-state index contributed by atoms with van der Waals surface area (Å²) in [6.07, 6.45) is 1.60. The van der Waals surface area contributed by atoms with Crippen molar-refractivity contribution in [3.8, 4) is 0 Å². The summed E-state index contributed by atoms with van der Waals surface area (Å²) in [6, 6.07) is 5.44. The Morgan fingerprint density at radius 1 is 1.40 bits per heavy atom. The molecule has 2 amide bonds. The van der Waals surface area contributed by atoms with Gasteiger partial charge in [0.2, 0.25) is 5.91 Å². The molecule has 1 aliphatic rings. The molecule has 1 aliphatic heterocycles. The average molecular weight is 277 g/mol. The number of piperidine rings is 1. The van der Waals surface area contributed by atoms with Crippen LogP contribution in [-0.4, -0.2) is 53.5 Å². The molecule has 108 valence electrons. The van der Waals surface area contributed by atoms with Crippen molar-refractivity contribution < 1.29 is 14.7 Å². The molecule has 6 heteroatoms. The fourth-order valence-corrected chi connectivity index (χ4v) is 2.46. The van der Waals surface area contributed by atoms with E-state index in [1.165, 1.54) is 0 Å². The number of amides is 2. The van der Waals surface area contributed by atoms with E-state index in [0.717, 1.165) is 18.5 Å². The molecule has 2 heterocycles. The number of nitrogens with zero attached hydrogens (tertiary/aromatic N) is 2. The number of carbonyl (C=O) groups is 2. The zero-order valence-electron chi connectivity index (χ0n) is 11.5. The number of aromatic nitrogens is 1. The molecule has 0 aliphatic carbocycles. The zero-order chi connectivity index (χ0) is 14.5. The van der Waals surface area contributed by atoms with Gasteiger partial charge < -0.3 is 15.3 Å². The third kappa shape index (κ3) is 3.14. The van der Waals surface area contributed by atoms with Crippen molar-refractivity contribution >= 4 is 11.8 Å². The van der Waals surface area contributed by atoms with Crippen LogP contribution in [0.25, 0.3) is 0 Å². The second-order valence-corrected chi connectivity index (χ2v) is 4.84. The minimum atomic E-state index is -0.435. The molecule has 0 spiro atoms. The Morgan fingerprint density at radius 3 is 2.70 bits per heavy atom. The summed E-state index contributed by atoms with van der Waals surface area (Å²) in [5.74, 6) is -0.169. The van der Waals surface area contributed by atoms with Crippen LogP contribution < -0.4 is 5.32 Å². The van der Waals surface area contributed by atoms with Gasteiger partial charge >= 0.3 is 0 Å². The molecular formula is C14H19N3O3. The third-order valence-corrected chi connectivity index (χ3v) is 3.63.